The van der Waals surface area contributed by atoms with Crippen molar-refractivity contribution >= 4 is 46.7 Å². The molecule has 4 rings (SSSR count). The molecule has 1 aliphatic heterocycles. The molecule has 1 aliphatic rings. The zero-order valence-corrected chi connectivity index (χ0v) is 25.0. The average molecular weight is 585 g/mol. The number of hydrogen-bond donors (Lipinski definition) is 2. The normalized spacial score (nSPS) is 14.8. The van der Waals surface area contributed by atoms with Gasteiger partial charge in [0.25, 0.3) is 5.91 Å². The van der Waals surface area contributed by atoms with E-state index in [9.17, 15) is 24.0 Å². The van der Waals surface area contributed by atoms with E-state index in [0.29, 0.717) is 28.2 Å². The van der Waals surface area contributed by atoms with Crippen LogP contribution >= 0.6 is 0 Å². The summed E-state index contributed by atoms with van der Waals surface area (Å²) in [4.78, 5) is 69.0. The number of amides is 4. The molecular formula is C33H36N4O6. The number of ether oxygens (including phenoxy) is 1. The van der Waals surface area contributed by atoms with E-state index in [1.54, 1.807) is 81.4 Å². The Morgan fingerprint density at radius 3 is 2.28 bits per heavy atom. The summed E-state index contributed by atoms with van der Waals surface area (Å²) in [6.45, 7) is 6.73. The molecule has 3 aromatic rings. The number of carbonyl (C=O) groups is 5. The lowest BCUT2D eigenvalue weighted by molar-refractivity contribution is -0.139. The number of rotatable bonds is 7. The number of anilines is 3. The number of aryl methyl sites for hydroxylation is 1. The van der Waals surface area contributed by atoms with Gasteiger partial charge in [0, 0.05) is 16.7 Å². The van der Waals surface area contributed by atoms with Gasteiger partial charge in [-0.3, -0.25) is 19.2 Å². The van der Waals surface area contributed by atoms with Crippen LogP contribution < -0.4 is 20.4 Å². The fourth-order valence-corrected chi connectivity index (χ4v) is 4.89. The summed E-state index contributed by atoms with van der Waals surface area (Å²) in [7, 11) is 1.30. The molecule has 1 heterocycles. The molecule has 0 saturated carbocycles. The van der Waals surface area contributed by atoms with Crippen LogP contribution in [0.3, 0.4) is 0 Å². The maximum Gasteiger partial charge on any atom is 0.319 e. The van der Waals surface area contributed by atoms with Crippen LogP contribution in [0.1, 0.15) is 42.3 Å². The number of benzene rings is 3. The first kappa shape index (κ1) is 31.0. The fraction of sp³-hybridized carbons (Fsp3) is 0.303. The third kappa shape index (κ3) is 7.27. The summed E-state index contributed by atoms with van der Waals surface area (Å²) < 4.78 is 4.71. The molecule has 4 amide bonds. The topological polar surface area (TPSA) is 125 Å². The summed E-state index contributed by atoms with van der Waals surface area (Å²) in [5.74, 6) is -1.48. The summed E-state index contributed by atoms with van der Waals surface area (Å²) in [5, 5.41) is 5.42. The van der Waals surface area contributed by atoms with Gasteiger partial charge in [-0.25, -0.2) is 4.79 Å². The molecule has 0 aliphatic carbocycles. The number of ketones is 1. The maximum absolute atomic E-state index is 14.1. The largest absolute Gasteiger partial charge is 0.469 e. The molecule has 2 N–H and O–H groups in total. The second-order valence-electron chi connectivity index (χ2n) is 11.4. The number of carbonyl (C=O) groups excluding carboxylic acids is 5. The number of esters is 1. The van der Waals surface area contributed by atoms with Crippen molar-refractivity contribution in [1.29, 1.82) is 0 Å². The van der Waals surface area contributed by atoms with Crippen molar-refractivity contribution in [3.63, 3.8) is 0 Å². The van der Waals surface area contributed by atoms with Gasteiger partial charge in [-0.05, 0) is 42.3 Å². The van der Waals surface area contributed by atoms with Crippen LogP contribution in [0.4, 0.5) is 21.9 Å². The quantitative estimate of drug-likeness (QED) is 0.311. The minimum atomic E-state index is -1.18. The van der Waals surface area contributed by atoms with Crippen LogP contribution in [0, 0.1) is 12.3 Å². The number of methoxy groups -OCH3 is 1. The number of urea groups is 1. The second-order valence-corrected chi connectivity index (χ2v) is 11.4. The van der Waals surface area contributed by atoms with E-state index in [2.05, 4.69) is 10.6 Å². The van der Waals surface area contributed by atoms with E-state index in [1.165, 1.54) is 16.9 Å². The van der Waals surface area contributed by atoms with Gasteiger partial charge in [0.05, 0.1) is 38.0 Å². The molecule has 10 heteroatoms. The molecule has 0 aromatic heterocycles. The number of para-hydroxylation sites is 2. The monoisotopic (exact) mass is 584 g/mol. The van der Waals surface area contributed by atoms with Gasteiger partial charge < -0.3 is 25.2 Å². The Balaban J connectivity index is 1.67. The zero-order chi connectivity index (χ0) is 31.3. The lowest BCUT2D eigenvalue weighted by Gasteiger charge is -2.30. The van der Waals surface area contributed by atoms with Crippen molar-refractivity contribution < 1.29 is 28.7 Å². The van der Waals surface area contributed by atoms with Crippen molar-refractivity contribution in [3.8, 4) is 0 Å². The van der Waals surface area contributed by atoms with E-state index in [0.717, 1.165) is 5.56 Å². The Kier molecular flexibility index (Phi) is 9.28. The van der Waals surface area contributed by atoms with E-state index >= 15 is 0 Å². The first-order chi connectivity index (χ1) is 20.4. The summed E-state index contributed by atoms with van der Waals surface area (Å²) in [6.07, 6.45) is 0.0285. The lowest BCUT2D eigenvalue weighted by Crippen LogP contribution is -2.55. The number of fused-ring (bicyclic) bond motifs is 1. The molecule has 0 saturated heterocycles. The second kappa shape index (κ2) is 12.9. The van der Waals surface area contributed by atoms with Crippen LogP contribution in [-0.2, 0) is 25.5 Å². The summed E-state index contributed by atoms with van der Waals surface area (Å²) in [5.41, 5.74) is 2.35. The maximum atomic E-state index is 14.1. The van der Waals surface area contributed by atoms with Crippen molar-refractivity contribution in [2.75, 3.05) is 35.3 Å². The molecule has 0 fully saturated rings. The fourth-order valence-electron chi connectivity index (χ4n) is 4.89. The van der Waals surface area contributed by atoms with Gasteiger partial charge in [0.2, 0.25) is 5.91 Å². The van der Waals surface area contributed by atoms with Gasteiger partial charge in [-0.2, -0.15) is 0 Å². The van der Waals surface area contributed by atoms with Gasteiger partial charge in [0.1, 0.15) is 6.04 Å². The van der Waals surface area contributed by atoms with Gasteiger partial charge >= 0.3 is 12.0 Å². The molecular weight excluding hydrogens is 548 g/mol. The van der Waals surface area contributed by atoms with Crippen molar-refractivity contribution in [3.05, 3.63) is 89.5 Å². The minimum absolute atomic E-state index is 0.0285. The van der Waals surface area contributed by atoms with E-state index in [4.69, 9.17) is 4.74 Å². The average Bonchev–Trinajstić information content (AvgIpc) is 3.07. The molecule has 224 valence electrons. The molecule has 43 heavy (non-hydrogen) atoms. The van der Waals surface area contributed by atoms with Crippen LogP contribution in [-0.4, -0.2) is 55.8 Å². The Morgan fingerprint density at radius 1 is 0.930 bits per heavy atom. The Hall–Kier alpha value is -4.99. The molecule has 1 atom stereocenters. The number of hydrogen-bond acceptors (Lipinski definition) is 6. The van der Waals surface area contributed by atoms with Crippen LogP contribution in [0.25, 0.3) is 0 Å². The Morgan fingerprint density at radius 2 is 1.60 bits per heavy atom. The minimum Gasteiger partial charge on any atom is -0.469 e. The Bertz CT molecular complexity index is 1560. The first-order valence-electron chi connectivity index (χ1n) is 13.9. The zero-order valence-electron chi connectivity index (χ0n) is 25.0. The molecule has 0 radical (unpaired) electrons. The molecule has 10 nitrogen and oxygen atoms in total. The highest BCUT2D eigenvalue weighted by Crippen LogP contribution is 2.35. The van der Waals surface area contributed by atoms with Gasteiger partial charge in [-0.1, -0.05) is 69.3 Å². The van der Waals surface area contributed by atoms with Crippen molar-refractivity contribution in [2.24, 2.45) is 5.41 Å². The summed E-state index contributed by atoms with van der Waals surface area (Å²) in [6, 6.07) is 18.9. The van der Waals surface area contributed by atoms with Crippen LogP contribution in [0.2, 0.25) is 0 Å². The van der Waals surface area contributed by atoms with Crippen molar-refractivity contribution in [2.45, 2.75) is 40.2 Å². The number of nitrogens with one attached hydrogen (secondary N) is 2. The van der Waals surface area contributed by atoms with E-state index in [1.807, 2.05) is 19.1 Å². The van der Waals surface area contributed by atoms with Crippen LogP contribution in [0.5, 0.6) is 0 Å². The third-order valence-electron chi connectivity index (χ3n) is 7.09. The molecule has 3 aromatic carbocycles. The van der Waals surface area contributed by atoms with Crippen molar-refractivity contribution in [1.82, 2.24) is 5.32 Å². The molecule has 1 unspecified atom stereocenters. The highest BCUT2D eigenvalue weighted by atomic mass is 16.5. The highest BCUT2D eigenvalue weighted by molar-refractivity contribution is 6.13. The molecule has 0 bridgehead atoms. The smallest absolute Gasteiger partial charge is 0.319 e. The predicted octanol–water partition coefficient (Wildman–Crippen LogP) is 4.51. The predicted molar refractivity (Wildman–Crippen MR) is 164 cm³/mol. The van der Waals surface area contributed by atoms with Gasteiger partial charge in [0.15, 0.2) is 5.78 Å². The third-order valence-corrected chi connectivity index (χ3v) is 7.09. The standard InChI is InChI=1S/C33H36N4O6/c1-21-11-6-7-14-24(21)28(38)20-36-26-15-8-9-16-27(26)37(31(41)33(2,3)4)19-25(30(36)40)35-32(42)34-23-13-10-12-22(17-23)18-29(39)43-5/h6-17,25H,18-20H2,1-5H3,(H2,34,35,42). The molecule has 0 spiro atoms. The van der Waals surface area contributed by atoms with E-state index in [-0.39, 0.29) is 31.2 Å². The lowest BCUT2D eigenvalue weighted by atomic mass is 9.94. The first-order valence-corrected chi connectivity index (χ1v) is 13.9. The van der Waals surface area contributed by atoms with Gasteiger partial charge in [-0.15, -0.1) is 0 Å². The Labute approximate surface area is 251 Å². The van der Waals surface area contributed by atoms with Crippen LogP contribution in [0.15, 0.2) is 72.8 Å². The number of Topliss-reactive ketones (excluding diaryl/α,β-unsaturated/α-hetero) is 1. The van der Waals surface area contributed by atoms with E-state index < -0.39 is 29.4 Å². The highest BCUT2D eigenvalue weighted by Gasteiger charge is 2.40. The number of nitrogens with zero attached hydrogens (tertiary/aromatic N) is 2. The SMILES string of the molecule is COC(=O)Cc1cccc(NC(=O)NC2CN(C(=O)C(C)(C)C)c3ccccc3N(CC(=O)c3ccccc3C)C2=O)c1. The summed E-state index contributed by atoms with van der Waals surface area (Å²) >= 11 is 0.